The summed E-state index contributed by atoms with van der Waals surface area (Å²) in [5, 5.41) is 14.2. The fourth-order valence-electron chi connectivity index (χ4n) is 6.38. The van der Waals surface area contributed by atoms with Gasteiger partial charge in [0.25, 0.3) is 11.5 Å². The molecule has 2 saturated heterocycles. The fourth-order valence-corrected chi connectivity index (χ4v) is 8.47. The molecule has 3 N–H and O–H groups in total. The number of amides is 1. The number of carbonyl (C=O) groups excluding carboxylic acids is 1. The molecule has 7 rings (SSSR count). The number of benzene rings is 1. The lowest BCUT2D eigenvalue weighted by Gasteiger charge is -2.29. The molecular formula is C33H37N10O10PS. The molecule has 4 aromatic heterocycles. The van der Waals surface area contributed by atoms with E-state index in [2.05, 4.69) is 40.1 Å². The van der Waals surface area contributed by atoms with Crippen molar-refractivity contribution in [1.82, 2.24) is 39.0 Å². The molecule has 2 fully saturated rings. The van der Waals surface area contributed by atoms with Gasteiger partial charge in [0.2, 0.25) is 6.54 Å². The molecule has 0 saturated carbocycles. The molecule has 20 nitrogen and oxygen atoms in total. The summed E-state index contributed by atoms with van der Waals surface area (Å²) < 4.78 is 53.8. The summed E-state index contributed by atoms with van der Waals surface area (Å²) in [6.45, 7) is 4.26. The van der Waals surface area contributed by atoms with Gasteiger partial charge in [-0.15, -0.1) is 0 Å². The molecule has 1 amide bonds. The second-order valence-corrected chi connectivity index (χ2v) is 15.4. The lowest BCUT2D eigenvalue weighted by atomic mass is 10.1. The maximum atomic E-state index is 12.9. The minimum Gasteiger partial charge on any atom is -0.387 e. The molecule has 1 aromatic carbocycles. The topological polar surface area (TPSA) is 225 Å². The van der Waals surface area contributed by atoms with Gasteiger partial charge in [-0.05, 0) is 37.8 Å². The van der Waals surface area contributed by atoms with Crippen LogP contribution in [0.4, 0.5) is 5.82 Å². The van der Waals surface area contributed by atoms with E-state index in [0.717, 1.165) is 0 Å². The Morgan fingerprint density at radius 3 is 2.51 bits per heavy atom. The van der Waals surface area contributed by atoms with Gasteiger partial charge < -0.3 is 48.2 Å². The van der Waals surface area contributed by atoms with Gasteiger partial charge in [-0.1, -0.05) is 18.2 Å². The summed E-state index contributed by atoms with van der Waals surface area (Å²) >= 11 is 5.85. The summed E-state index contributed by atoms with van der Waals surface area (Å²) in [4.78, 5) is 53.0. The van der Waals surface area contributed by atoms with Crippen LogP contribution in [0.15, 0.2) is 54.1 Å². The number of H-pyrrole nitrogens is 1. The number of ether oxygens (including phenoxy) is 4. The van der Waals surface area contributed by atoms with Gasteiger partial charge in [0, 0.05) is 21.2 Å². The predicted octanol–water partition coefficient (Wildman–Crippen LogP) is 2.29. The number of carbonyl (C=O) groups is 1. The minimum atomic E-state index is -3.80. The maximum Gasteiger partial charge on any atom is 0.327 e. The van der Waals surface area contributed by atoms with Crippen molar-refractivity contribution in [2.24, 2.45) is 0 Å². The molecule has 5 aromatic rings. The van der Waals surface area contributed by atoms with E-state index in [9.17, 15) is 14.7 Å². The summed E-state index contributed by atoms with van der Waals surface area (Å²) in [6.07, 6.45) is -3.88. The standard InChI is InChI=1S/C33H37N10O10PS/c1-17-24(26(48-5)33(51-17)43-16-38-22-29(43)39-18(2)40-31(22)46)53-54(55,49-12-11-34-3)50-13-20-23(44)25(47-4)32(52-20)42-15-37-21-27(35-14-36-28(21)42)41-30(45)19-9-7-6-8-10-19/h6-10,14-17,20,23-26,32-33,44H,11-13H2,1-2,4-5H3,(H,39,40,46)(H,35,36,41,45)/t17-,20-,23?,24?,25+,26+,32-,33-,54?/m1/s1/i1D. The van der Waals surface area contributed by atoms with Crippen LogP contribution in [0, 0.1) is 13.5 Å². The third kappa shape index (κ3) is 7.66. The van der Waals surface area contributed by atoms with E-state index in [-0.39, 0.29) is 55.1 Å². The number of fused-ring (bicyclic) bond motifs is 2. The average Bonchev–Trinajstić information content (AvgIpc) is 3.97. The maximum absolute atomic E-state index is 12.9. The number of hydrogen-bond donors (Lipinski definition) is 3. The molecule has 9 atom stereocenters. The van der Waals surface area contributed by atoms with Crippen molar-refractivity contribution >= 4 is 52.6 Å². The number of methoxy groups -OCH3 is 2. The molecule has 0 radical (unpaired) electrons. The SMILES string of the molecule is [2H]C[C@H]1O[C@@H](n2cnc3c(=O)[nH]c(C)nc32)[C@@H](OC)C1OP(=S)(OCC[N+]#[C-])OC[C@H]1O[C@@H](n2cnc3c(NC(=O)c4ccccc4)ncnc32)[C@@H](OC)C1O. The quantitative estimate of drug-likeness (QED) is 0.0833. The Kier molecular flexibility index (Phi) is 11.0. The Balaban J connectivity index is 1.10. The molecular weight excluding hydrogens is 759 g/mol. The van der Waals surface area contributed by atoms with Crippen LogP contribution in [0.3, 0.4) is 0 Å². The van der Waals surface area contributed by atoms with Gasteiger partial charge in [0.1, 0.15) is 49.3 Å². The highest BCUT2D eigenvalue weighted by molar-refractivity contribution is 8.07. The fraction of sp³-hybridized carbons (Fsp3) is 0.455. The van der Waals surface area contributed by atoms with Crippen molar-refractivity contribution in [1.29, 1.82) is 0 Å². The first-order valence-corrected chi connectivity index (χ1v) is 19.4. The number of hydrogen-bond acceptors (Lipinski definition) is 16. The number of aliphatic hydroxyl groups excluding tert-OH is 1. The van der Waals surface area contributed by atoms with E-state index in [4.69, 9.17) is 52.3 Å². The molecule has 22 heteroatoms. The number of nitrogens with zero attached hydrogens (tertiary/aromatic N) is 8. The number of rotatable bonds is 14. The van der Waals surface area contributed by atoms with Gasteiger partial charge in [-0.3, -0.25) is 23.2 Å². The molecule has 2 aliphatic heterocycles. The zero-order valence-corrected chi connectivity index (χ0v) is 31.3. The Morgan fingerprint density at radius 2 is 1.78 bits per heavy atom. The largest absolute Gasteiger partial charge is 0.387 e. The van der Waals surface area contributed by atoms with E-state index in [1.807, 2.05) is 0 Å². The number of nitrogens with one attached hydrogen (secondary N) is 2. The summed E-state index contributed by atoms with van der Waals surface area (Å²) in [5.74, 6) is 0.142. The molecule has 0 bridgehead atoms. The van der Waals surface area contributed by atoms with E-state index in [0.29, 0.717) is 17.0 Å². The van der Waals surface area contributed by atoms with Crippen molar-refractivity contribution in [3.8, 4) is 0 Å². The highest BCUT2D eigenvalue weighted by Crippen LogP contribution is 2.54. The van der Waals surface area contributed by atoms with Crippen LogP contribution in [-0.2, 0) is 44.3 Å². The van der Waals surface area contributed by atoms with Gasteiger partial charge >= 0.3 is 6.72 Å². The average molecular weight is 798 g/mol. The Morgan fingerprint density at radius 1 is 1.05 bits per heavy atom. The number of anilines is 1. The minimum absolute atomic E-state index is 0.0508. The molecule has 55 heavy (non-hydrogen) atoms. The van der Waals surface area contributed by atoms with Gasteiger partial charge in [0.05, 0.1) is 25.4 Å². The van der Waals surface area contributed by atoms with Crippen LogP contribution in [0.25, 0.3) is 27.2 Å². The van der Waals surface area contributed by atoms with Crippen LogP contribution in [0.5, 0.6) is 0 Å². The molecule has 0 spiro atoms. The van der Waals surface area contributed by atoms with Crippen LogP contribution in [0.2, 0.25) is 0 Å². The van der Waals surface area contributed by atoms with E-state index in [1.54, 1.807) is 41.8 Å². The third-order valence-electron chi connectivity index (χ3n) is 8.97. The number of aromatic nitrogens is 8. The van der Waals surface area contributed by atoms with Crippen LogP contribution >= 0.6 is 6.72 Å². The first-order chi connectivity index (χ1) is 27.1. The smallest absolute Gasteiger partial charge is 0.327 e. The zero-order chi connectivity index (χ0) is 39.6. The lowest BCUT2D eigenvalue weighted by Crippen LogP contribution is -2.36. The van der Waals surface area contributed by atoms with E-state index < -0.39 is 61.4 Å². The summed E-state index contributed by atoms with van der Waals surface area (Å²) in [5.41, 5.74) is 0.898. The van der Waals surface area contributed by atoms with Crippen LogP contribution in [0.1, 0.15) is 36.9 Å². The molecule has 6 heterocycles. The van der Waals surface area contributed by atoms with E-state index in [1.165, 1.54) is 37.8 Å². The molecule has 290 valence electrons. The van der Waals surface area contributed by atoms with Gasteiger partial charge in [0.15, 0.2) is 40.6 Å². The summed E-state index contributed by atoms with van der Waals surface area (Å²) in [6, 6.07) is 8.62. The highest BCUT2D eigenvalue weighted by Gasteiger charge is 2.50. The lowest BCUT2D eigenvalue weighted by molar-refractivity contribution is -0.0603. The predicted molar refractivity (Wildman–Crippen MR) is 196 cm³/mol. The highest BCUT2D eigenvalue weighted by atomic mass is 32.5. The normalized spacial score (nSPS) is 26.6. The Bertz CT molecular complexity index is 2340. The van der Waals surface area contributed by atoms with Gasteiger partial charge in [-0.25, -0.2) is 31.5 Å². The van der Waals surface area contributed by atoms with Crippen molar-refractivity contribution in [3.63, 3.8) is 0 Å². The number of aryl methyl sites for hydroxylation is 1. The summed E-state index contributed by atoms with van der Waals surface area (Å²) in [7, 11) is 2.84. The molecule has 2 aliphatic rings. The van der Waals surface area contributed by atoms with Crippen molar-refractivity contribution < 1.29 is 43.8 Å². The number of imidazole rings is 2. The zero-order valence-electron chi connectivity index (χ0n) is 30.6. The van der Waals surface area contributed by atoms with Crippen molar-refractivity contribution in [2.75, 3.05) is 39.3 Å². The second-order valence-electron chi connectivity index (χ2n) is 12.4. The van der Waals surface area contributed by atoms with Crippen LogP contribution in [-0.4, -0.2) is 121 Å². The third-order valence-corrected chi connectivity index (χ3v) is 11.3. The Labute approximate surface area is 319 Å². The van der Waals surface area contributed by atoms with Crippen LogP contribution < -0.4 is 10.9 Å². The second kappa shape index (κ2) is 16.3. The van der Waals surface area contributed by atoms with Crippen molar-refractivity contribution in [3.05, 3.63) is 82.5 Å². The first-order valence-electron chi connectivity index (χ1n) is 17.5. The first kappa shape index (κ1) is 37.3. The number of aromatic amines is 1. The van der Waals surface area contributed by atoms with Gasteiger partial charge in [-0.2, -0.15) is 0 Å². The molecule has 3 unspecified atom stereocenters. The molecule has 0 aliphatic carbocycles. The van der Waals surface area contributed by atoms with Crippen molar-refractivity contribution in [2.45, 2.75) is 62.9 Å². The number of aliphatic hydroxyl groups is 1. The monoisotopic (exact) mass is 797 g/mol. The Hall–Kier alpha value is -4.59. The van der Waals surface area contributed by atoms with E-state index >= 15 is 0 Å².